The molecule has 0 aliphatic carbocycles. The maximum Gasteiger partial charge on any atom is 0.291 e. The van der Waals surface area contributed by atoms with Crippen LogP contribution in [-0.4, -0.2) is 5.91 Å². The molecule has 1 amide bonds. The zero-order chi connectivity index (χ0) is 12.3. The van der Waals surface area contributed by atoms with Gasteiger partial charge in [0.15, 0.2) is 10.4 Å². The molecule has 0 aliphatic rings. The number of anilines is 1. The van der Waals surface area contributed by atoms with Crippen LogP contribution in [0.4, 0.5) is 5.69 Å². The SMILES string of the molecule is CCc1ccc(NC(=O)c2ccc(Br)o2)cc1. The third kappa shape index (κ3) is 2.97. The highest BCUT2D eigenvalue weighted by molar-refractivity contribution is 9.10. The molecule has 2 rings (SSSR count). The van der Waals surface area contributed by atoms with Crippen LogP contribution in [0.25, 0.3) is 0 Å². The number of nitrogens with one attached hydrogen (secondary N) is 1. The summed E-state index contributed by atoms with van der Waals surface area (Å²) in [5.74, 6) is 0.0383. The molecule has 1 N–H and O–H groups in total. The van der Waals surface area contributed by atoms with Crippen molar-refractivity contribution in [2.24, 2.45) is 0 Å². The van der Waals surface area contributed by atoms with Crippen molar-refractivity contribution in [2.75, 3.05) is 5.32 Å². The summed E-state index contributed by atoms with van der Waals surface area (Å²) in [4.78, 5) is 11.8. The lowest BCUT2D eigenvalue weighted by Crippen LogP contribution is -2.10. The minimum Gasteiger partial charge on any atom is -0.444 e. The summed E-state index contributed by atoms with van der Waals surface area (Å²) in [5, 5.41) is 2.77. The van der Waals surface area contributed by atoms with E-state index in [0.717, 1.165) is 12.1 Å². The molecule has 1 heterocycles. The van der Waals surface area contributed by atoms with E-state index in [2.05, 4.69) is 28.2 Å². The van der Waals surface area contributed by atoms with Crippen LogP contribution in [-0.2, 0) is 6.42 Å². The summed E-state index contributed by atoms with van der Waals surface area (Å²) in [6.07, 6.45) is 0.985. The number of carbonyl (C=O) groups excluding carboxylic acids is 1. The van der Waals surface area contributed by atoms with E-state index >= 15 is 0 Å². The quantitative estimate of drug-likeness (QED) is 0.934. The van der Waals surface area contributed by atoms with Gasteiger partial charge in [-0.15, -0.1) is 0 Å². The maximum atomic E-state index is 11.8. The summed E-state index contributed by atoms with van der Waals surface area (Å²) < 4.78 is 5.71. The van der Waals surface area contributed by atoms with Crippen molar-refractivity contribution in [1.82, 2.24) is 0 Å². The Labute approximate surface area is 108 Å². The fourth-order valence-electron chi connectivity index (χ4n) is 1.45. The largest absolute Gasteiger partial charge is 0.444 e. The lowest BCUT2D eigenvalue weighted by molar-refractivity contribution is 0.0995. The summed E-state index contributed by atoms with van der Waals surface area (Å²) in [5.41, 5.74) is 2.00. The van der Waals surface area contributed by atoms with Gasteiger partial charge in [0, 0.05) is 5.69 Å². The predicted octanol–water partition coefficient (Wildman–Crippen LogP) is 3.86. The lowest BCUT2D eigenvalue weighted by Gasteiger charge is -2.03. The Kier molecular flexibility index (Phi) is 3.64. The maximum absolute atomic E-state index is 11.8. The van der Waals surface area contributed by atoms with Crippen LogP contribution in [0.3, 0.4) is 0 Å². The van der Waals surface area contributed by atoms with E-state index in [1.807, 2.05) is 24.3 Å². The van der Waals surface area contributed by atoms with Crippen LogP contribution in [0.5, 0.6) is 0 Å². The average Bonchev–Trinajstić information content (AvgIpc) is 2.77. The zero-order valence-electron chi connectivity index (χ0n) is 9.37. The third-order valence-electron chi connectivity index (χ3n) is 2.42. The molecule has 1 aromatic carbocycles. The molecule has 0 saturated heterocycles. The van der Waals surface area contributed by atoms with Crippen molar-refractivity contribution in [3.8, 4) is 0 Å². The molecular weight excluding hydrogens is 282 g/mol. The molecule has 2 aromatic rings. The van der Waals surface area contributed by atoms with Crippen LogP contribution in [0.1, 0.15) is 23.0 Å². The summed E-state index contributed by atoms with van der Waals surface area (Å²) >= 11 is 3.16. The standard InChI is InChI=1S/C13H12BrNO2/c1-2-9-3-5-10(6-4-9)15-13(16)11-7-8-12(14)17-11/h3-8H,2H2,1H3,(H,15,16). The Bertz CT molecular complexity index is 516. The Morgan fingerprint density at radius 1 is 1.24 bits per heavy atom. The van der Waals surface area contributed by atoms with Crippen molar-refractivity contribution < 1.29 is 9.21 Å². The van der Waals surface area contributed by atoms with Gasteiger partial charge in [-0.25, -0.2) is 0 Å². The van der Waals surface area contributed by atoms with Crippen molar-refractivity contribution in [2.45, 2.75) is 13.3 Å². The molecule has 1 aromatic heterocycles. The van der Waals surface area contributed by atoms with Crippen LogP contribution >= 0.6 is 15.9 Å². The monoisotopic (exact) mass is 293 g/mol. The predicted molar refractivity (Wildman–Crippen MR) is 70.2 cm³/mol. The normalized spacial score (nSPS) is 10.2. The van der Waals surface area contributed by atoms with Crippen molar-refractivity contribution >= 4 is 27.5 Å². The molecule has 0 fully saturated rings. The second-order valence-corrected chi connectivity index (χ2v) is 4.39. The molecule has 0 saturated carbocycles. The van der Waals surface area contributed by atoms with E-state index in [9.17, 15) is 4.79 Å². The number of halogens is 1. The second-order valence-electron chi connectivity index (χ2n) is 3.61. The molecule has 0 unspecified atom stereocenters. The highest BCUT2D eigenvalue weighted by Gasteiger charge is 2.10. The van der Waals surface area contributed by atoms with Gasteiger partial charge >= 0.3 is 0 Å². The number of aryl methyl sites for hydroxylation is 1. The first-order chi connectivity index (χ1) is 8.19. The van der Waals surface area contributed by atoms with Crippen LogP contribution < -0.4 is 5.32 Å². The smallest absolute Gasteiger partial charge is 0.291 e. The number of hydrogen-bond donors (Lipinski definition) is 1. The van der Waals surface area contributed by atoms with E-state index < -0.39 is 0 Å². The third-order valence-corrected chi connectivity index (χ3v) is 2.84. The van der Waals surface area contributed by atoms with Crippen molar-refractivity contribution in [3.05, 3.63) is 52.4 Å². The average molecular weight is 294 g/mol. The number of amides is 1. The van der Waals surface area contributed by atoms with Crippen LogP contribution in [0, 0.1) is 0 Å². The fourth-order valence-corrected chi connectivity index (χ4v) is 1.76. The molecular formula is C13H12BrNO2. The van der Waals surface area contributed by atoms with Gasteiger partial charge in [0.1, 0.15) is 0 Å². The van der Waals surface area contributed by atoms with Gasteiger partial charge in [-0.05, 0) is 52.2 Å². The highest BCUT2D eigenvalue weighted by atomic mass is 79.9. The van der Waals surface area contributed by atoms with Gasteiger partial charge in [-0.2, -0.15) is 0 Å². The van der Waals surface area contributed by atoms with Gasteiger partial charge in [-0.3, -0.25) is 4.79 Å². The zero-order valence-corrected chi connectivity index (χ0v) is 11.0. The molecule has 17 heavy (non-hydrogen) atoms. The molecule has 0 aliphatic heterocycles. The van der Waals surface area contributed by atoms with Gasteiger partial charge < -0.3 is 9.73 Å². The molecule has 88 valence electrons. The highest BCUT2D eigenvalue weighted by Crippen LogP contribution is 2.16. The Balaban J connectivity index is 2.07. The lowest BCUT2D eigenvalue weighted by atomic mass is 10.1. The Morgan fingerprint density at radius 2 is 1.94 bits per heavy atom. The van der Waals surface area contributed by atoms with E-state index in [-0.39, 0.29) is 11.7 Å². The topological polar surface area (TPSA) is 42.2 Å². The number of furan rings is 1. The molecule has 0 atom stereocenters. The molecule has 0 spiro atoms. The summed E-state index contributed by atoms with van der Waals surface area (Å²) in [7, 11) is 0. The van der Waals surface area contributed by atoms with Crippen LogP contribution in [0.15, 0.2) is 45.5 Å². The first-order valence-electron chi connectivity index (χ1n) is 5.34. The van der Waals surface area contributed by atoms with Crippen molar-refractivity contribution in [1.29, 1.82) is 0 Å². The number of hydrogen-bond acceptors (Lipinski definition) is 2. The van der Waals surface area contributed by atoms with Crippen LogP contribution in [0.2, 0.25) is 0 Å². The Hall–Kier alpha value is -1.55. The van der Waals surface area contributed by atoms with E-state index in [0.29, 0.717) is 4.67 Å². The minimum absolute atomic E-state index is 0.250. The van der Waals surface area contributed by atoms with E-state index in [1.165, 1.54) is 5.56 Å². The van der Waals surface area contributed by atoms with Gasteiger partial charge in [0.2, 0.25) is 0 Å². The van der Waals surface area contributed by atoms with Gasteiger partial charge in [-0.1, -0.05) is 19.1 Å². The van der Waals surface area contributed by atoms with E-state index in [4.69, 9.17) is 4.42 Å². The first-order valence-corrected chi connectivity index (χ1v) is 6.14. The Morgan fingerprint density at radius 3 is 2.47 bits per heavy atom. The fraction of sp³-hybridized carbons (Fsp3) is 0.154. The first kappa shape index (κ1) is 11.9. The summed E-state index contributed by atoms with van der Waals surface area (Å²) in [6.45, 7) is 2.09. The summed E-state index contributed by atoms with van der Waals surface area (Å²) in [6, 6.07) is 11.1. The second kappa shape index (κ2) is 5.19. The van der Waals surface area contributed by atoms with E-state index in [1.54, 1.807) is 12.1 Å². The van der Waals surface area contributed by atoms with Crippen molar-refractivity contribution in [3.63, 3.8) is 0 Å². The molecule has 0 bridgehead atoms. The number of carbonyl (C=O) groups is 1. The van der Waals surface area contributed by atoms with Gasteiger partial charge in [0.25, 0.3) is 5.91 Å². The molecule has 4 heteroatoms. The number of benzene rings is 1. The molecule has 3 nitrogen and oxygen atoms in total. The number of rotatable bonds is 3. The molecule has 0 radical (unpaired) electrons. The minimum atomic E-state index is -0.250. The van der Waals surface area contributed by atoms with Gasteiger partial charge in [0.05, 0.1) is 0 Å².